The Morgan fingerprint density at radius 3 is 2.46 bits per heavy atom. The van der Waals surface area contributed by atoms with Crippen molar-refractivity contribution < 1.29 is 9.59 Å². The maximum absolute atomic E-state index is 12.4. The topological polar surface area (TPSA) is 115 Å². The van der Waals surface area contributed by atoms with Crippen LogP contribution >= 0.6 is 0 Å². The third-order valence-corrected chi connectivity index (χ3v) is 4.05. The van der Waals surface area contributed by atoms with E-state index in [1.54, 1.807) is 30.5 Å². The zero-order valence-corrected chi connectivity index (χ0v) is 15.8. The number of nitrogens with zero attached hydrogens (tertiary/aromatic N) is 5. The Hall–Kier alpha value is -3.62. The van der Waals surface area contributed by atoms with Crippen LogP contribution in [0.25, 0.3) is 5.82 Å². The Morgan fingerprint density at radius 1 is 1.00 bits per heavy atom. The summed E-state index contributed by atoms with van der Waals surface area (Å²) in [6.07, 6.45) is 3.15. The maximum atomic E-state index is 12.4. The van der Waals surface area contributed by atoms with Crippen LogP contribution in [0.4, 0.5) is 5.82 Å². The fourth-order valence-corrected chi connectivity index (χ4v) is 2.61. The van der Waals surface area contributed by atoms with Crippen LogP contribution in [0.15, 0.2) is 48.8 Å². The molecule has 0 bridgehead atoms. The number of anilines is 1. The van der Waals surface area contributed by atoms with Crippen molar-refractivity contribution in [2.75, 3.05) is 5.32 Å². The molecule has 0 saturated heterocycles. The molecular weight excluding hydrogens is 358 g/mol. The Kier molecular flexibility index (Phi) is 5.73. The van der Waals surface area contributed by atoms with Crippen LogP contribution in [0.3, 0.4) is 0 Å². The highest BCUT2D eigenvalue weighted by atomic mass is 16.2. The first-order chi connectivity index (χ1) is 13.5. The lowest BCUT2D eigenvalue weighted by molar-refractivity contribution is -0.136. The van der Waals surface area contributed by atoms with Crippen molar-refractivity contribution in [1.82, 2.24) is 30.3 Å². The monoisotopic (exact) mass is 379 g/mol. The number of carbonyl (C=O) groups is 2. The summed E-state index contributed by atoms with van der Waals surface area (Å²) >= 11 is 0. The highest BCUT2D eigenvalue weighted by Gasteiger charge is 2.24. The van der Waals surface area contributed by atoms with Gasteiger partial charge in [-0.3, -0.25) is 14.6 Å². The molecular formula is C19H21N7O2. The molecule has 0 aliphatic heterocycles. The van der Waals surface area contributed by atoms with Gasteiger partial charge in [0.1, 0.15) is 5.82 Å². The molecule has 144 valence electrons. The van der Waals surface area contributed by atoms with E-state index in [1.165, 1.54) is 10.9 Å². The number of hydrogen-bond donors (Lipinski definition) is 2. The van der Waals surface area contributed by atoms with Crippen LogP contribution in [0.5, 0.6) is 0 Å². The lowest BCUT2D eigenvalue weighted by Crippen LogP contribution is -2.40. The fourth-order valence-electron chi connectivity index (χ4n) is 2.61. The Balaban J connectivity index is 1.72. The SMILES string of the molecule is Cc1ccc(-n2nccc2NC(=O)C(=O)N[C@H](c2ccccn2)C(C)C)nn1. The molecule has 0 unspecified atom stereocenters. The smallest absolute Gasteiger partial charge is 0.314 e. The molecule has 28 heavy (non-hydrogen) atoms. The quantitative estimate of drug-likeness (QED) is 0.654. The predicted molar refractivity (Wildman–Crippen MR) is 102 cm³/mol. The van der Waals surface area contributed by atoms with E-state index in [0.717, 1.165) is 5.69 Å². The predicted octanol–water partition coefficient (Wildman–Crippen LogP) is 1.82. The minimum atomic E-state index is -0.802. The van der Waals surface area contributed by atoms with Gasteiger partial charge in [-0.15, -0.1) is 5.10 Å². The van der Waals surface area contributed by atoms with Gasteiger partial charge in [0.05, 0.1) is 23.6 Å². The molecule has 9 nitrogen and oxygen atoms in total. The Morgan fingerprint density at radius 2 is 1.82 bits per heavy atom. The van der Waals surface area contributed by atoms with E-state index in [0.29, 0.717) is 17.3 Å². The Labute approximate surface area is 162 Å². The van der Waals surface area contributed by atoms with E-state index in [9.17, 15) is 9.59 Å². The number of carbonyl (C=O) groups excluding carboxylic acids is 2. The molecule has 0 aliphatic rings. The van der Waals surface area contributed by atoms with Crippen LogP contribution in [-0.4, -0.2) is 36.8 Å². The van der Waals surface area contributed by atoms with Gasteiger partial charge in [-0.05, 0) is 37.1 Å². The van der Waals surface area contributed by atoms with E-state index in [1.807, 2.05) is 32.9 Å². The second-order valence-corrected chi connectivity index (χ2v) is 6.57. The molecule has 0 saturated carbocycles. The molecule has 0 aliphatic carbocycles. The molecule has 0 spiro atoms. The molecule has 2 N–H and O–H groups in total. The van der Waals surface area contributed by atoms with Crippen molar-refractivity contribution in [3.63, 3.8) is 0 Å². The molecule has 0 aromatic carbocycles. The van der Waals surface area contributed by atoms with Gasteiger partial charge < -0.3 is 10.6 Å². The second kappa shape index (κ2) is 8.38. The van der Waals surface area contributed by atoms with Gasteiger partial charge in [-0.25, -0.2) is 0 Å². The van der Waals surface area contributed by atoms with Gasteiger partial charge in [0.15, 0.2) is 5.82 Å². The molecule has 1 atom stereocenters. The van der Waals surface area contributed by atoms with Crippen molar-refractivity contribution in [3.8, 4) is 5.82 Å². The van der Waals surface area contributed by atoms with Crippen LogP contribution in [-0.2, 0) is 9.59 Å². The van der Waals surface area contributed by atoms with E-state index in [4.69, 9.17) is 0 Å². The van der Waals surface area contributed by atoms with Crippen molar-refractivity contribution in [2.24, 2.45) is 5.92 Å². The zero-order chi connectivity index (χ0) is 20.1. The van der Waals surface area contributed by atoms with Gasteiger partial charge >= 0.3 is 11.8 Å². The lowest BCUT2D eigenvalue weighted by Gasteiger charge is -2.21. The maximum Gasteiger partial charge on any atom is 0.314 e. The van der Waals surface area contributed by atoms with Gasteiger partial charge in [0.2, 0.25) is 0 Å². The molecule has 3 heterocycles. The average molecular weight is 379 g/mol. The minimum absolute atomic E-state index is 0.0556. The normalized spacial score (nSPS) is 11.9. The summed E-state index contributed by atoms with van der Waals surface area (Å²) in [5.41, 5.74) is 1.45. The number of hydrogen-bond acceptors (Lipinski definition) is 6. The van der Waals surface area contributed by atoms with Gasteiger partial charge in [-0.2, -0.15) is 14.9 Å². The second-order valence-electron chi connectivity index (χ2n) is 6.57. The number of pyridine rings is 1. The summed E-state index contributed by atoms with van der Waals surface area (Å²) in [4.78, 5) is 29.1. The van der Waals surface area contributed by atoms with Gasteiger partial charge in [0, 0.05) is 12.3 Å². The van der Waals surface area contributed by atoms with Gasteiger partial charge in [0.25, 0.3) is 0 Å². The van der Waals surface area contributed by atoms with E-state index >= 15 is 0 Å². The number of nitrogens with one attached hydrogen (secondary N) is 2. The number of rotatable bonds is 5. The third-order valence-electron chi connectivity index (χ3n) is 4.05. The van der Waals surface area contributed by atoms with Crippen molar-refractivity contribution in [1.29, 1.82) is 0 Å². The summed E-state index contributed by atoms with van der Waals surface area (Å²) in [6.45, 7) is 5.71. The van der Waals surface area contributed by atoms with Crippen molar-refractivity contribution >= 4 is 17.6 Å². The lowest BCUT2D eigenvalue weighted by atomic mass is 10.0. The Bertz CT molecular complexity index is 952. The molecule has 0 radical (unpaired) electrons. The highest BCUT2D eigenvalue weighted by molar-refractivity contribution is 6.39. The number of aryl methyl sites for hydroxylation is 1. The van der Waals surface area contributed by atoms with Crippen LogP contribution in [0.1, 0.15) is 31.3 Å². The molecule has 3 aromatic heterocycles. The minimum Gasteiger partial charge on any atom is -0.339 e. The van der Waals surface area contributed by atoms with Gasteiger partial charge in [-0.1, -0.05) is 19.9 Å². The molecule has 2 amide bonds. The van der Waals surface area contributed by atoms with Crippen LogP contribution in [0.2, 0.25) is 0 Å². The summed E-state index contributed by atoms with van der Waals surface area (Å²) in [6, 6.07) is 10.1. The molecule has 3 rings (SSSR count). The van der Waals surface area contributed by atoms with E-state index in [-0.39, 0.29) is 12.0 Å². The summed E-state index contributed by atoms with van der Waals surface area (Å²) in [7, 11) is 0. The molecule has 9 heteroatoms. The summed E-state index contributed by atoms with van der Waals surface area (Å²) in [5.74, 6) is -0.757. The van der Waals surface area contributed by atoms with Crippen molar-refractivity contribution in [3.05, 3.63) is 60.2 Å². The van der Waals surface area contributed by atoms with Crippen LogP contribution in [0, 0.1) is 12.8 Å². The first-order valence-corrected chi connectivity index (χ1v) is 8.83. The average Bonchev–Trinajstić information content (AvgIpc) is 3.15. The van der Waals surface area contributed by atoms with Crippen LogP contribution < -0.4 is 10.6 Å². The van der Waals surface area contributed by atoms with E-state index in [2.05, 4.69) is 30.9 Å². The molecule has 3 aromatic rings. The largest absolute Gasteiger partial charge is 0.339 e. The summed E-state index contributed by atoms with van der Waals surface area (Å²) < 4.78 is 1.40. The molecule has 0 fully saturated rings. The first kappa shape index (κ1) is 19.2. The van der Waals surface area contributed by atoms with Crippen molar-refractivity contribution in [2.45, 2.75) is 26.8 Å². The standard InChI is InChI=1S/C19H21N7O2/c1-12(2)17(14-6-4-5-10-20-14)23-19(28)18(27)22-15-9-11-21-26(15)16-8-7-13(3)24-25-16/h4-12,17H,1-3H3,(H,22,27)(H,23,28)/t17-/m0/s1. The highest BCUT2D eigenvalue weighted by Crippen LogP contribution is 2.19. The third kappa shape index (κ3) is 4.37. The first-order valence-electron chi connectivity index (χ1n) is 8.83. The fraction of sp³-hybridized carbons (Fsp3) is 0.263. The number of aromatic nitrogens is 5. The zero-order valence-electron chi connectivity index (χ0n) is 15.8. The van der Waals surface area contributed by atoms with E-state index < -0.39 is 11.8 Å². The number of amides is 2. The summed E-state index contributed by atoms with van der Waals surface area (Å²) in [5, 5.41) is 17.4.